The highest BCUT2D eigenvalue weighted by atomic mass is 16.3. The standard InChI is InChI=1S/C20H25N5O2/c26-17(20-6-13-3-14(7-20)5-15(4-13)8-20)10-22-19(27)16-1-2-18(21-9-16)25-11-23-24-12-25/h1-2,9,11-15,17,26H,3-8,10H2,(H,22,27). The monoisotopic (exact) mass is 367 g/mol. The van der Waals surface area contributed by atoms with E-state index in [-0.39, 0.29) is 11.3 Å². The zero-order chi connectivity index (χ0) is 18.4. The van der Waals surface area contributed by atoms with E-state index in [1.54, 1.807) is 35.6 Å². The average molecular weight is 367 g/mol. The summed E-state index contributed by atoms with van der Waals surface area (Å²) in [7, 11) is 0. The normalized spacial score (nSPS) is 32.4. The largest absolute Gasteiger partial charge is 0.391 e. The Morgan fingerprint density at radius 1 is 1.15 bits per heavy atom. The highest BCUT2D eigenvalue weighted by Gasteiger charge is 2.53. The maximum Gasteiger partial charge on any atom is 0.252 e. The summed E-state index contributed by atoms with van der Waals surface area (Å²) in [6.45, 7) is 0.318. The highest BCUT2D eigenvalue weighted by molar-refractivity contribution is 5.93. The first-order chi connectivity index (χ1) is 13.1. The molecular weight excluding hydrogens is 342 g/mol. The van der Waals surface area contributed by atoms with Gasteiger partial charge in [0.15, 0.2) is 0 Å². The fourth-order valence-corrected chi connectivity index (χ4v) is 6.09. The van der Waals surface area contributed by atoms with Crippen LogP contribution < -0.4 is 5.32 Å². The van der Waals surface area contributed by atoms with Crippen LogP contribution in [0.25, 0.3) is 5.82 Å². The van der Waals surface area contributed by atoms with E-state index in [0.29, 0.717) is 17.9 Å². The van der Waals surface area contributed by atoms with Crippen LogP contribution in [0, 0.1) is 23.2 Å². The topological polar surface area (TPSA) is 92.9 Å². The van der Waals surface area contributed by atoms with E-state index in [0.717, 1.165) is 37.0 Å². The Morgan fingerprint density at radius 3 is 2.33 bits per heavy atom. The molecule has 0 spiro atoms. The minimum atomic E-state index is -0.459. The Balaban J connectivity index is 1.22. The maximum atomic E-state index is 12.5. The van der Waals surface area contributed by atoms with Crippen molar-refractivity contribution in [1.29, 1.82) is 0 Å². The minimum absolute atomic E-state index is 0.0263. The predicted octanol–water partition coefficient (Wildman–Crippen LogP) is 1.97. The lowest BCUT2D eigenvalue weighted by atomic mass is 9.48. The molecule has 142 valence electrons. The summed E-state index contributed by atoms with van der Waals surface area (Å²) >= 11 is 0. The van der Waals surface area contributed by atoms with Gasteiger partial charge in [-0.15, -0.1) is 10.2 Å². The van der Waals surface area contributed by atoms with E-state index in [2.05, 4.69) is 20.5 Å². The SMILES string of the molecule is O=C(NCC(O)C12CC3CC(CC(C3)C1)C2)c1ccc(-n2cnnc2)nc1. The molecule has 4 saturated carbocycles. The number of aliphatic hydroxyl groups excluding tert-OH is 1. The molecule has 0 aromatic carbocycles. The molecule has 2 heterocycles. The van der Waals surface area contributed by atoms with Crippen molar-refractivity contribution in [1.82, 2.24) is 25.1 Å². The number of amides is 1. The van der Waals surface area contributed by atoms with Gasteiger partial charge in [-0.3, -0.25) is 9.36 Å². The summed E-state index contributed by atoms with van der Waals surface area (Å²) in [5, 5.41) is 21.3. The Bertz CT molecular complexity index is 782. The molecule has 27 heavy (non-hydrogen) atoms. The first-order valence-corrected chi connectivity index (χ1v) is 9.89. The number of hydrogen-bond donors (Lipinski definition) is 2. The van der Waals surface area contributed by atoms with Crippen LogP contribution >= 0.6 is 0 Å². The molecule has 0 saturated heterocycles. The molecule has 4 fully saturated rings. The Morgan fingerprint density at radius 2 is 1.78 bits per heavy atom. The van der Waals surface area contributed by atoms with Crippen LogP contribution in [0.1, 0.15) is 48.9 Å². The Labute approximate surface area is 158 Å². The molecule has 7 heteroatoms. The number of rotatable bonds is 5. The molecule has 2 N–H and O–H groups in total. The predicted molar refractivity (Wildman–Crippen MR) is 98.1 cm³/mol. The van der Waals surface area contributed by atoms with Crippen LogP contribution in [-0.2, 0) is 0 Å². The van der Waals surface area contributed by atoms with Gasteiger partial charge in [-0.1, -0.05) is 0 Å². The van der Waals surface area contributed by atoms with Crippen molar-refractivity contribution in [3.63, 3.8) is 0 Å². The second kappa shape index (κ2) is 6.41. The lowest BCUT2D eigenvalue weighted by Gasteiger charge is -2.58. The number of nitrogens with zero attached hydrogens (tertiary/aromatic N) is 4. The van der Waals surface area contributed by atoms with E-state index in [9.17, 15) is 9.90 Å². The third kappa shape index (κ3) is 3.04. The second-order valence-corrected chi connectivity index (χ2v) is 8.78. The van der Waals surface area contributed by atoms with Crippen molar-refractivity contribution in [2.45, 2.75) is 44.6 Å². The third-order valence-electron chi connectivity index (χ3n) is 6.94. The number of hydrogen-bond acceptors (Lipinski definition) is 5. The molecule has 2 aromatic heterocycles. The van der Waals surface area contributed by atoms with Crippen LogP contribution in [0.2, 0.25) is 0 Å². The van der Waals surface area contributed by atoms with Crippen LogP contribution in [0.5, 0.6) is 0 Å². The van der Waals surface area contributed by atoms with Gasteiger partial charge in [-0.05, 0) is 73.8 Å². The zero-order valence-electron chi connectivity index (χ0n) is 15.3. The van der Waals surface area contributed by atoms with E-state index in [1.165, 1.54) is 19.3 Å². The van der Waals surface area contributed by atoms with Crippen molar-refractivity contribution in [3.05, 3.63) is 36.5 Å². The summed E-state index contributed by atoms with van der Waals surface area (Å²) < 4.78 is 1.68. The molecule has 6 rings (SSSR count). The van der Waals surface area contributed by atoms with E-state index < -0.39 is 6.10 Å². The maximum absolute atomic E-state index is 12.5. The molecule has 1 amide bonds. The number of nitrogens with one attached hydrogen (secondary N) is 1. The summed E-state index contributed by atoms with van der Waals surface area (Å²) in [4.78, 5) is 16.8. The Kier molecular flexibility index (Phi) is 4.00. The molecular formula is C20H25N5O2. The first-order valence-electron chi connectivity index (χ1n) is 9.89. The van der Waals surface area contributed by atoms with Crippen molar-refractivity contribution < 1.29 is 9.90 Å². The molecule has 0 radical (unpaired) electrons. The second-order valence-electron chi connectivity index (χ2n) is 8.78. The number of pyridine rings is 1. The fourth-order valence-electron chi connectivity index (χ4n) is 6.09. The smallest absolute Gasteiger partial charge is 0.252 e. The van der Waals surface area contributed by atoms with Crippen LogP contribution in [0.4, 0.5) is 0 Å². The summed E-state index contributed by atoms with van der Waals surface area (Å²) in [6, 6.07) is 3.49. The van der Waals surface area contributed by atoms with Crippen LogP contribution in [0.15, 0.2) is 31.0 Å². The number of carbonyl (C=O) groups excluding carboxylic acids is 1. The molecule has 7 nitrogen and oxygen atoms in total. The fraction of sp³-hybridized carbons (Fsp3) is 0.600. The lowest BCUT2D eigenvalue weighted by molar-refractivity contribution is -0.118. The lowest BCUT2D eigenvalue weighted by Crippen LogP contribution is -2.54. The summed E-state index contributed by atoms with van der Waals surface area (Å²) in [5.41, 5.74) is 0.517. The van der Waals surface area contributed by atoms with Gasteiger partial charge in [-0.25, -0.2) is 4.98 Å². The summed E-state index contributed by atoms with van der Waals surface area (Å²) in [6.07, 6.45) is 11.6. The van der Waals surface area contributed by atoms with Gasteiger partial charge in [0.25, 0.3) is 5.91 Å². The average Bonchev–Trinajstić information content (AvgIpc) is 3.19. The minimum Gasteiger partial charge on any atom is -0.391 e. The van der Waals surface area contributed by atoms with Crippen molar-refractivity contribution in [2.24, 2.45) is 23.2 Å². The van der Waals surface area contributed by atoms with Gasteiger partial charge in [0.2, 0.25) is 0 Å². The first kappa shape index (κ1) is 16.9. The van der Waals surface area contributed by atoms with E-state index in [4.69, 9.17) is 0 Å². The van der Waals surface area contributed by atoms with Crippen molar-refractivity contribution in [3.8, 4) is 5.82 Å². The molecule has 1 atom stereocenters. The van der Waals surface area contributed by atoms with Crippen LogP contribution in [0.3, 0.4) is 0 Å². The van der Waals surface area contributed by atoms with Crippen molar-refractivity contribution >= 4 is 5.91 Å². The Hall–Kier alpha value is -2.28. The number of aliphatic hydroxyl groups is 1. The van der Waals surface area contributed by atoms with Gasteiger partial charge in [0, 0.05) is 12.7 Å². The molecule has 4 aliphatic rings. The van der Waals surface area contributed by atoms with E-state index >= 15 is 0 Å². The molecule has 4 aliphatic carbocycles. The number of carbonyl (C=O) groups is 1. The molecule has 0 aliphatic heterocycles. The summed E-state index contributed by atoms with van der Waals surface area (Å²) in [5.74, 6) is 2.83. The van der Waals surface area contributed by atoms with Gasteiger partial charge < -0.3 is 10.4 Å². The number of aromatic nitrogens is 4. The van der Waals surface area contributed by atoms with Crippen LogP contribution in [-0.4, -0.2) is 43.4 Å². The van der Waals surface area contributed by atoms with Gasteiger partial charge in [0.05, 0.1) is 11.7 Å². The van der Waals surface area contributed by atoms with Gasteiger partial charge in [0.1, 0.15) is 18.5 Å². The third-order valence-corrected chi connectivity index (χ3v) is 6.94. The van der Waals surface area contributed by atoms with E-state index in [1.807, 2.05) is 0 Å². The molecule has 1 unspecified atom stereocenters. The highest BCUT2D eigenvalue weighted by Crippen LogP contribution is 2.61. The zero-order valence-corrected chi connectivity index (χ0v) is 15.3. The molecule has 4 bridgehead atoms. The van der Waals surface area contributed by atoms with Crippen molar-refractivity contribution in [2.75, 3.05) is 6.54 Å². The van der Waals surface area contributed by atoms with Gasteiger partial charge in [-0.2, -0.15) is 0 Å². The van der Waals surface area contributed by atoms with Gasteiger partial charge >= 0.3 is 0 Å². The molecule has 2 aromatic rings. The quantitative estimate of drug-likeness (QED) is 0.843.